The molecule has 6 heteroatoms. The lowest BCUT2D eigenvalue weighted by molar-refractivity contribution is -0.229. The number of hydrogen-bond acceptors (Lipinski definition) is 5. The fraction of sp³-hybridized carbons (Fsp3) is 0.500. The van der Waals surface area contributed by atoms with Gasteiger partial charge in [-0.05, 0) is 12.8 Å². The molecule has 0 saturated carbocycles. The van der Waals surface area contributed by atoms with Crippen LogP contribution in [0.25, 0.3) is 0 Å². The number of carboxylic acids is 1. The van der Waals surface area contributed by atoms with Crippen molar-refractivity contribution in [2.75, 3.05) is 13.2 Å². The van der Waals surface area contributed by atoms with Crippen molar-refractivity contribution in [3.05, 3.63) is 35.9 Å². The van der Waals surface area contributed by atoms with E-state index in [1.807, 2.05) is 30.3 Å². The van der Waals surface area contributed by atoms with Crippen LogP contribution in [0.1, 0.15) is 37.5 Å². The van der Waals surface area contributed by atoms with Crippen molar-refractivity contribution in [1.29, 1.82) is 0 Å². The highest BCUT2D eigenvalue weighted by Gasteiger charge is 2.25. The standard InChI is InChI=1S/C16H20O6/c17-14(18)8-4-5-9-15(19)22-13-10-20-16(21-11-13)12-6-2-1-3-7-12/h1-3,6-7,13,16H,4-5,8-11H2,(H,17,18)/t13-,16+. The summed E-state index contributed by atoms with van der Waals surface area (Å²) in [5.74, 6) is -1.20. The molecule has 1 saturated heterocycles. The van der Waals surface area contributed by atoms with E-state index < -0.39 is 18.4 Å². The van der Waals surface area contributed by atoms with Gasteiger partial charge in [0.15, 0.2) is 6.29 Å². The predicted molar refractivity (Wildman–Crippen MR) is 77.1 cm³/mol. The van der Waals surface area contributed by atoms with Gasteiger partial charge in [-0.15, -0.1) is 0 Å². The van der Waals surface area contributed by atoms with E-state index >= 15 is 0 Å². The average molecular weight is 308 g/mol. The molecule has 0 unspecified atom stereocenters. The van der Waals surface area contributed by atoms with Crippen molar-refractivity contribution in [3.63, 3.8) is 0 Å². The molecule has 0 spiro atoms. The highest BCUT2D eigenvalue weighted by atomic mass is 16.7. The van der Waals surface area contributed by atoms with E-state index in [9.17, 15) is 9.59 Å². The number of unbranched alkanes of at least 4 members (excludes halogenated alkanes) is 1. The Morgan fingerprint density at radius 1 is 1.09 bits per heavy atom. The summed E-state index contributed by atoms with van der Waals surface area (Å²) in [5, 5.41) is 8.51. The van der Waals surface area contributed by atoms with Gasteiger partial charge in [-0.3, -0.25) is 9.59 Å². The van der Waals surface area contributed by atoms with Crippen molar-refractivity contribution in [3.8, 4) is 0 Å². The molecule has 1 heterocycles. The molecule has 0 radical (unpaired) electrons. The first-order chi connectivity index (χ1) is 10.6. The SMILES string of the molecule is O=C(O)CCCCC(=O)O[C@H]1CO[C@@H](c2ccccc2)OC1. The van der Waals surface area contributed by atoms with E-state index in [0.29, 0.717) is 26.1 Å². The second-order valence-electron chi connectivity index (χ2n) is 5.12. The Balaban J connectivity index is 1.64. The number of hydrogen-bond donors (Lipinski definition) is 1. The number of carboxylic acid groups (broad SMARTS) is 1. The van der Waals surface area contributed by atoms with Crippen molar-refractivity contribution >= 4 is 11.9 Å². The minimum Gasteiger partial charge on any atom is -0.481 e. The smallest absolute Gasteiger partial charge is 0.306 e. The molecule has 6 nitrogen and oxygen atoms in total. The first-order valence-corrected chi connectivity index (χ1v) is 7.34. The van der Waals surface area contributed by atoms with Crippen LogP contribution >= 0.6 is 0 Å². The van der Waals surface area contributed by atoms with Gasteiger partial charge < -0.3 is 19.3 Å². The highest BCUT2D eigenvalue weighted by Crippen LogP contribution is 2.23. The Kier molecular flexibility index (Phi) is 6.36. The van der Waals surface area contributed by atoms with Crippen molar-refractivity contribution in [1.82, 2.24) is 0 Å². The van der Waals surface area contributed by atoms with E-state index in [0.717, 1.165) is 5.56 Å². The number of aliphatic carboxylic acids is 1. The average Bonchev–Trinajstić information content (AvgIpc) is 2.53. The summed E-state index contributed by atoms with van der Waals surface area (Å²) < 4.78 is 16.4. The second kappa shape index (κ2) is 8.51. The van der Waals surface area contributed by atoms with E-state index in [2.05, 4.69) is 0 Å². The van der Waals surface area contributed by atoms with Crippen molar-refractivity contribution in [2.24, 2.45) is 0 Å². The monoisotopic (exact) mass is 308 g/mol. The molecule has 1 aliphatic rings. The lowest BCUT2D eigenvalue weighted by Gasteiger charge is -2.29. The molecule has 2 rings (SSSR count). The van der Waals surface area contributed by atoms with Gasteiger partial charge in [0.25, 0.3) is 0 Å². The zero-order valence-corrected chi connectivity index (χ0v) is 12.3. The summed E-state index contributed by atoms with van der Waals surface area (Å²) in [4.78, 5) is 22.0. The van der Waals surface area contributed by atoms with E-state index in [1.54, 1.807) is 0 Å². The van der Waals surface area contributed by atoms with Crippen LogP contribution in [0.4, 0.5) is 0 Å². The second-order valence-corrected chi connectivity index (χ2v) is 5.12. The predicted octanol–water partition coefficient (Wildman–Crippen LogP) is 2.29. The van der Waals surface area contributed by atoms with Crippen LogP contribution in [0.3, 0.4) is 0 Å². The third-order valence-corrected chi connectivity index (χ3v) is 3.26. The normalized spacial score (nSPS) is 21.3. The summed E-state index contributed by atoms with van der Waals surface area (Å²) in [7, 11) is 0. The maximum Gasteiger partial charge on any atom is 0.306 e. The Labute approximate surface area is 129 Å². The molecule has 1 fully saturated rings. The van der Waals surface area contributed by atoms with Crippen LogP contribution in [0.5, 0.6) is 0 Å². The third-order valence-electron chi connectivity index (χ3n) is 3.26. The number of esters is 1. The van der Waals surface area contributed by atoms with Crippen LogP contribution < -0.4 is 0 Å². The molecular weight excluding hydrogens is 288 g/mol. The van der Waals surface area contributed by atoms with Crippen LogP contribution in [0.2, 0.25) is 0 Å². The molecule has 0 aromatic heterocycles. The lowest BCUT2D eigenvalue weighted by Crippen LogP contribution is -2.35. The van der Waals surface area contributed by atoms with Crippen LogP contribution in [0.15, 0.2) is 30.3 Å². The minimum atomic E-state index is -0.852. The Morgan fingerprint density at radius 2 is 1.73 bits per heavy atom. The van der Waals surface area contributed by atoms with Gasteiger partial charge in [0.2, 0.25) is 0 Å². The fourth-order valence-electron chi connectivity index (χ4n) is 2.15. The highest BCUT2D eigenvalue weighted by molar-refractivity contribution is 5.70. The largest absolute Gasteiger partial charge is 0.481 e. The summed E-state index contributed by atoms with van der Waals surface area (Å²) in [6.45, 7) is 0.584. The Morgan fingerprint density at radius 3 is 2.36 bits per heavy atom. The third kappa shape index (κ3) is 5.46. The zero-order chi connectivity index (χ0) is 15.8. The van der Waals surface area contributed by atoms with Gasteiger partial charge in [0.05, 0.1) is 13.2 Å². The minimum absolute atomic E-state index is 0.0711. The van der Waals surface area contributed by atoms with Gasteiger partial charge in [-0.2, -0.15) is 0 Å². The van der Waals surface area contributed by atoms with Gasteiger partial charge in [-0.25, -0.2) is 0 Å². The van der Waals surface area contributed by atoms with Crippen LogP contribution in [0, 0.1) is 0 Å². The fourth-order valence-corrected chi connectivity index (χ4v) is 2.15. The topological polar surface area (TPSA) is 82.1 Å². The molecule has 1 N–H and O–H groups in total. The van der Waals surface area contributed by atoms with E-state index in [4.69, 9.17) is 19.3 Å². The summed E-state index contributed by atoms with van der Waals surface area (Å²) in [6.07, 6.45) is 0.427. The molecule has 0 amide bonds. The summed E-state index contributed by atoms with van der Waals surface area (Å²) in [5.41, 5.74) is 0.931. The summed E-state index contributed by atoms with van der Waals surface area (Å²) >= 11 is 0. The first kappa shape index (κ1) is 16.5. The van der Waals surface area contributed by atoms with Crippen LogP contribution in [-0.4, -0.2) is 36.4 Å². The van der Waals surface area contributed by atoms with E-state index in [1.165, 1.54) is 0 Å². The molecular formula is C16H20O6. The van der Waals surface area contributed by atoms with Crippen molar-refractivity contribution in [2.45, 2.75) is 38.1 Å². The quantitative estimate of drug-likeness (QED) is 0.615. The number of carbonyl (C=O) groups is 2. The lowest BCUT2D eigenvalue weighted by atomic mass is 10.2. The molecule has 22 heavy (non-hydrogen) atoms. The molecule has 0 atom stereocenters. The first-order valence-electron chi connectivity index (χ1n) is 7.34. The molecule has 0 bridgehead atoms. The van der Waals surface area contributed by atoms with Crippen LogP contribution in [-0.2, 0) is 23.8 Å². The zero-order valence-electron chi connectivity index (χ0n) is 12.3. The van der Waals surface area contributed by atoms with Crippen molar-refractivity contribution < 1.29 is 28.9 Å². The molecule has 120 valence electrons. The maximum atomic E-state index is 11.6. The molecule has 1 aromatic rings. The Hall–Kier alpha value is -1.92. The number of benzene rings is 1. The van der Waals surface area contributed by atoms with Gasteiger partial charge in [-0.1, -0.05) is 30.3 Å². The molecule has 0 aliphatic carbocycles. The summed E-state index contributed by atoms with van der Waals surface area (Å²) in [6, 6.07) is 9.57. The maximum absolute atomic E-state index is 11.6. The molecule has 1 aliphatic heterocycles. The van der Waals surface area contributed by atoms with Gasteiger partial charge in [0, 0.05) is 18.4 Å². The Bertz CT molecular complexity index is 479. The number of ether oxygens (including phenoxy) is 3. The van der Waals surface area contributed by atoms with Gasteiger partial charge >= 0.3 is 11.9 Å². The van der Waals surface area contributed by atoms with E-state index in [-0.39, 0.29) is 18.8 Å². The van der Waals surface area contributed by atoms with Gasteiger partial charge in [0.1, 0.15) is 6.10 Å². The molecule has 1 aromatic carbocycles. The number of carbonyl (C=O) groups excluding carboxylic acids is 1. The number of rotatable bonds is 7.